The number of alkyl halides is 3. The number of benzene rings is 1. The van der Waals surface area contributed by atoms with Crippen molar-refractivity contribution in [1.82, 2.24) is 19.7 Å². The van der Waals surface area contributed by atoms with Crippen LogP contribution in [0.15, 0.2) is 24.3 Å². The van der Waals surface area contributed by atoms with E-state index in [0.29, 0.717) is 6.54 Å². The normalized spacial score (nSPS) is 16.9. The summed E-state index contributed by atoms with van der Waals surface area (Å²) >= 11 is 0. The lowest BCUT2D eigenvalue weighted by atomic mass is 10.1. The zero-order valence-corrected chi connectivity index (χ0v) is 12.8. The summed E-state index contributed by atoms with van der Waals surface area (Å²) in [5.41, 5.74) is 0.934. The van der Waals surface area contributed by atoms with Gasteiger partial charge >= 0.3 is 6.36 Å². The van der Waals surface area contributed by atoms with E-state index in [1.54, 1.807) is 12.1 Å². The first-order chi connectivity index (χ1) is 10.8. The predicted molar refractivity (Wildman–Crippen MR) is 76.7 cm³/mol. The van der Waals surface area contributed by atoms with Crippen molar-refractivity contribution >= 4 is 0 Å². The predicted octanol–water partition coefficient (Wildman–Crippen LogP) is 3.06. The van der Waals surface area contributed by atoms with Gasteiger partial charge in [0.25, 0.3) is 0 Å². The molecule has 5 nitrogen and oxygen atoms in total. The van der Waals surface area contributed by atoms with E-state index in [4.69, 9.17) is 0 Å². The van der Waals surface area contributed by atoms with Gasteiger partial charge in [0.05, 0.1) is 6.54 Å². The van der Waals surface area contributed by atoms with Crippen molar-refractivity contribution in [2.45, 2.75) is 39.3 Å². The van der Waals surface area contributed by atoms with Crippen LogP contribution in [0.1, 0.15) is 30.2 Å². The standard InChI is InChI=1S/C15H17F3N4O/c1-10(12-3-5-13(6-4-12)23-15(16,17)18)21-7-8-22-11(2)19-20-14(22)9-21/h3-6,10H,7-9H2,1-2H3. The highest BCUT2D eigenvalue weighted by Crippen LogP contribution is 2.28. The van der Waals surface area contributed by atoms with Crippen molar-refractivity contribution in [2.24, 2.45) is 0 Å². The second-order valence-corrected chi connectivity index (χ2v) is 5.58. The molecule has 0 N–H and O–H groups in total. The topological polar surface area (TPSA) is 43.2 Å². The van der Waals surface area contributed by atoms with Crippen LogP contribution in [0.25, 0.3) is 0 Å². The van der Waals surface area contributed by atoms with E-state index in [0.717, 1.165) is 30.3 Å². The molecular formula is C15H17F3N4O. The van der Waals surface area contributed by atoms with Crippen molar-refractivity contribution < 1.29 is 17.9 Å². The van der Waals surface area contributed by atoms with Gasteiger partial charge in [0, 0.05) is 19.1 Å². The molecule has 0 aliphatic carbocycles. The van der Waals surface area contributed by atoms with Gasteiger partial charge in [-0.3, -0.25) is 4.90 Å². The number of nitrogens with zero attached hydrogens (tertiary/aromatic N) is 4. The van der Waals surface area contributed by atoms with Crippen LogP contribution < -0.4 is 4.74 Å². The molecule has 0 saturated carbocycles. The second-order valence-electron chi connectivity index (χ2n) is 5.58. The van der Waals surface area contributed by atoms with Gasteiger partial charge in [0.15, 0.2) is 0 Å². The molecule has 124 valence electrons. The Morgan fingerprint density at radius 2 is 1.83 bits per heavy atom. The number of rotatable bonds is 3. The van der Waals surface area contributed by atoms with Crippen molar-refractivity contribution in [3.05, 3.63) is 41.5 Å². The minimum absolute atomic E-state index is 0.0701. The number of aryl methyl sites for hydroxylation is 1. The molecule has 0 radical (unpaired) electrons. The molecule has 2 heterocycles. The summed E-state index contributed by atoms with van der Waals surface area (Å²) in [5, 5.41) is 8.24. The third-order valence-corrected chi connectivity index (χ3v) is 4.11. The summed E-state index contributed by atoms with van der Waals surface area (Å²) in [6.45, 7) is 6.28. The first kappa shape index (κ1) is 15.8. The van der Waals surface area contributed by atoms with Crippen LogP contribution in [0.4, 0.5) is 13.2 Å². The third-order valence-electron chi connectivity index (χ3n) is 4.11. The molecule has 1 aliphatic heterocycles. The minimum Gasteiger partial charge on any atom is -0.406 e. The summed E-state index contributed by atoms with van der Waals surface area (Å²) in [5.74, 6) is 1.61. The molecule has 1 aromatic heterocycles. The van der Waals surface area contributed by atoms with Gasteiger partial charge in [0.2, 0.25) is 0 Å². The van der Waals surface area contributed by atoms with E-state index in [1.807, 2.05) is 13.8 Å². The molecule has 8 heteroatoms. The van der Waals surface area contributed by atoms with Crippen molar-refractivity contribution in [2.75, 3.05) is 6.54 Å². The number of hydrogen-bond donors (Lipinski definition) is 0. The fourth-order valence-electron chi connectivity index (χ4n) is 2.81. The van der Waals surface area contributed by atoms with E-state index in [2.05, 4.69) is 24.4 Å². The molecule has 0 amide bonds. The minimum atomic E-state index is -4.66. The van der Waals surface area contributed by atoms with Gasteiger partial charge in [-0.05, 0) is 31.5 Å². The highest BCUT2D eigenvalue weighted by molar-refractivity contribution is 5.29. The lowest BCUT2D eigenvalue weighted by Gasteiger charge is -2.33. The Labute approximate surface area is 131 Å². The highest BCUT2D eigenvalue weighted by atomic mass is 19.4. The van der Waals surface area contributed by atoms with Crippen LogP contribution in [-0.2, 0) is 13.1 Å². The van der Waals surface area contributed by atoms with E-state index in [9.17, 15) is 13.2 Å². The van der Waals surface area contributed by atoms with Crippen LogP contribution in [0, 0.1) is 6.92 Å². The molecule has 2 aromatic rings. The third kappa shape index (κ3) is 3.47. The second kappa shape index (κ2) is 5.84. The van der Waals surface area contributed by atoms with Crippen molar-refractivity contribution in [1.29, 1.82) is 0 Å². The van der Waals surface area contributed by atoms with E-state index >= 15 is 0 Å². The van der Waals surface area contributed by atoms with Crippen molar-refractivity contribution in [3.63, 3.8) is 0 Å². The fourth-order valence-corrected chi connectivity index (χ4v) is 2.81. The first-order valence-corrected chi connectivity index (χ1v) is 7.32. The number of fused-ring (bicyclic) bond motifs is 1. The first-order valence-electron chi connectivity index (χ1n) is 7.32. The van der Waals surface area contributed by atoms with Crippen molar-refractivity contribution in [3.8, 4) is 5.75 Å². The van der Waals surface area contributed by atoms with E-state index in [-0.39, 0.29) is 11.8 Å². The van der Waals surface area contributed by atoms with Crippen LogP contribution in [-0.4, -0.2) is 32.6 Å². The summed E-state index contributed by atoms with van der Waals surface area (Å²) in [6, 6.07) is 6.08. The Morgan fingerprint density at radius 1 is 1.13 bits per heavy atom. The smallest absolute Gasteiger partial charge is 0.406 e. The quantitative estimate of drug-likeness (QED) is 0.869. The Bertz CT molecular complexity index is 681. The zero-order valence-electron chi connectivity index (χ0n) is 12.8. The molecule has 0 spiro atoms. The van der Waals surface area contributed by atoms with Gasteiger partial charge in [-0.25, -0.2) is 0 Å². The lowest BCUT2D eigenvalue weighted by molar-refractivity contribution is -0.274. The molecule has 1 aliphatic rings. The van der Waals surface area contributed by atoms with E-state index < -0.39 is 6.36 Å². The molecule has 0 bridgehead atoms. The molecule has 0 fully saturated rings. The summed E-state index contributed by atoms with van der Waals surface area (Å²) in [4.78, 5) is 2.23. The van der Waals surface area contributed by atoms with Gasteiger partial charge in [-0.1, -0.05) is 12.1 Å². The molecule has 23 heavy (non-hydrogen) atoms. The largest absolute Gasteiger partial charge is 0.573 e. The van der Waals surface area contributed by atoms with Gasteiger partial charge in [0.1, 0.15) is 17.4 Å². The number of halogens is 3. The maximum atomic E-state index is 12.2. The lowest BCUT2D eigenvalue weighted by Crippen LogP contribution is -2.36. The molecule has 3 rings (SSSR count). The summed E-state index contributed by atoms with van der Waals surface area (Å²) < 4.78 is 42.5. The van der Waals surface area contributed by atoms with Crippen LogP contribution in [0.5, 0.6) is 5.75 Å². The number of hydrogen-bond acceptors (Lipinski definition) is 4. The monoisotopic (exact) mass is 326 g/mol. The molecule has 1 aromatic carbocycles. The van der Waals surface area contributed by atoms with Gasteiger partial charge in [-0.2, -0.15) is 0 Å². The number of aromatic nitrogens is 3. The van der Waals surface area contributed by atoms with E-state index in [1.165, 1.54) is 12.1 Å². The Morgan fingerprint density at radius 3 is 2.48 bits per heavy atom. The highest BCUT2D eigenvalue weighted by Gasteiger charge is 2.31. The molecule has 0 saturated heterocycles. The van der Waals surface area contributed by atoms with Gasteiger partial charge < -0.3 is 9.30 Å². The van der Waals surface area contributed by atoms with Crippen LogP contribution in [0.2, 0.25) is 0 Å². The number of ether oxygens (including phenoxy) is 1. The Hall–Kier alpha value is -2.09. The van der Waals surface area contributed by atoms with Crippen LogP contribution in [0.3, 0.4) is 0 Å². The summed E-state index contributed by atoms with van der Waals surface area (Å²) in [6.07, 6.45) is -4.66. The maximum Gasteiger partial charge on any atom is 0.573 e. The Kier molecular flexibility index (Phi) is 4.01. The van der Waals surface area contributed by atoms with Crippen LogP contribution >= 0.6 is 0 Å². The molecule has 1 atom stereocenters. The average Bonchev–Trinajstić information content (AvgIpc) is 2.87. The maximum absolute atomic E-state index is 12.2. The average molecular weight is 326 g/mol. The molecule has 1 unspecified atom stereocenters. The zero-order chi connectivity index (χ0) is 16.6. The van der Waals surface area contributed by atoms with Gasteiger partial charge in [-0.15, -0.1) is 23.4 Å². The fraction of sp³-hybridized carbons (Fsp3) is 0.467. The Balaban J connectivity index is 1.70. The molecular weight excluding hydrogens is 309 g/mol. The SMILES string of the molecule is Cc1nnc2n1CCN(C(C)c1ccc(OC(F)(F)F)cc1)C2. The summed E-state index contributed by atoms with van der Waals surface area (Å²) in [7, 11) is 0.